The molecule has 1 aromatic heterocycles. The van der Waals surface area contributed by atoms with Crippen molar-refractivity contribution in [3.8, 4) is 5.75 Å². The molecule has 1 heterocycles. The largest absolute Gasteiger partial charge is 0.496 e. The molecule has 0 bridgehead atoms. The Morgan fingerprint density at radius 2 is 2.29 bits per heavy atom. The zero-order chi connectivity index (χ0) is 15.1. The third-order valence-electron chi connectivity index (χ3n) is 3.18. The van der Waals surface area contributed by atoms with Gasteiger partial charge in [-0.2, -0.15) is 5.21 Å². The minimum Gasteiger partial charge on any atom is -0.496 e. The van der Waals surface area contributed by atoms with Gasteiger partial charge in [0, 0.05) is 18.5 Å². The second kappa shape index (κ2) is 7.37. The van der Waals surface area contributed by atoms with Crippen LogP contribution in [0, 0.1) is 0 Å². The number of amides is 1. The first kappa shape index (κ1) is 15.0. The zero-order valence-corrected chi connectivity index (χ0v) is 12.2. The van der Waals surface area contributed by atoms with Crippen LogP contribution in [-0.4, -0.2) is 40.2 Å². The summed E-state index contributed by atoms with van der Waals surface area (Å²) in [5, 5.41) is 16.5. The summed E-state index contributed by atoms with van der Waals surface area (Å²) in [7, 11) is 1.63. The molecule has 0 saturated carbocycles. The van der Waals surface area contributed by atoms with Crippen LogP contribution in [0.1, 0.15) is 35.1 Å². The van der Waals surface area contributed by atoms with Gasteiger partial charge in [0.25, 0.3) is 5.91 Å². The SMILES string of the molecule is CCc1cc(C(=O)NCCCc2nn[nH]n2)ccc1OC. The molecule has 7 nitrogen and oxygen atoms in total. The predicted molar refractivity (Wildman–Crippen MR) is 77.2 cm³/mol. The normalized spacial score (nSPS) is 10.4. The molecule has 7 heteroatoms. The molecule has 21 heavy (non-hydrogen) atoms. The molecular formula is C14H19N5O2. The van der Waals surface area contributed by atoms with E-state index < -0.39 is 0 Å². The smallest absolute Gasteiger partial charge is 0.251 e. The monoisotopic (exact) mass is 289 g/mol. The molecule has 0 aliphatic rings. The van der Waals surface area contributed by atoms with Crippen molar-refractivity contribution in [1.29, 1.82) is 0 Å². The number of nitrogens with zero attached hydrogens (tertiary/aromatic N) is 3. The number of carbonyl (C=O) groups is 1. The van der Waals surface area contributed by atoms with Crippen LogP contribution in [-0.2, 0) is 12.8 Å². The van der Waals surface area contributed by atoms with Crippen LogP contribution >= 0.6 is 0 Å². The molecule has 0 saturated heterocycles. The van der Waals surface area contributed by atoms with Crippen molar-refractivity contribution >= 4 is 5.91 Å². The maximum absolute atomic E-state index is 12.1. The third kappa shape index (κ3) is 4.01. The number of methoxy groups -OCH3 is 1. The molecule has 0 fully saturated rings. The van der Waals surface area contributed by atoms with Gasteiger partial charge in [-0.25, -0.2) is 0 Å². The highest BCUT2D eigenvalue weighted by Crippen LogP contribution is 2.20. The maximum Gasteiger partial charge on any atom is 0.251 e. The number of tetrazole rings is 1. The minimum atomic E-state index is -0.0829. The minimum absolute atomic E-state index is 0.0829. The van der Waals surface area contributed by atoms with Crippen molar-refractivity contribution in [1.82, 2.24) is 25.9 Å². The predicted octanol–water partition coefficient (Wildman–Crippen LogP) is 1.13. The van der Waals surface area contributed by atoms with E-state index in [1.54, 1.807) is 13.2 Å². The van der Waals surface area contributed by atoms with Crippen molar-refractivity contribution in [3.05, 3.63) is 35.2 Å². The molecule has 2 N–H and O–H groups in total. The zero-order valence-electron chi connectivity index (χ0n) is 12.2. The van der Waals surface area contributed by atoms with Gasteiger partial charge in [0.15, 0.2) is 5.82 Å². The number of carbonyl (C=O) groups excluding carboxylic acids is 1. The first-order valence-electron chi connectivity index (χ1n) is 6.92. The Morgan fingerprint density at radius 3 is 2.95 bits per heavy atom. The van der Waals surface area contributed by atoms with Crippen LogP contribution in [0.25, 0.3) is 0 Å². The fourth-order valence-electron chi connectivity index (χ4n) is 2.04. The second-order valence-electron chi connectivity index (χ2n) is 4.57. The summed E-state index contributed by atoms with van der Waals surface area (Å²) >= 11 is 0. The van der Waals surface area contributed by atoms with Gasteiger partial charge in [-0.15, -0.1) is 10.2 Å². The molecule has 1 amide bonds. The van der Waals surface area contributed by atoms with E-state index in [0.717, 1.165) is 24.2 Å². The highest BCUT2D eigenvalue weighted by molar-refractivity contribution is 5.94. The van der Waals surface area contributed by atoms with Crippen LogP contribution in [0.3, 0.4) is 0 Å². The number of nitrogens with one attached hydrogen (secondary N) is 2. The molecule has 0 aliphatic carbocycles. The summed E-state index contributed by atoms with van der Waals surface area (Å²) in [6.07, 6.45) is 2.27. The number of aromatic amines is 1. The van der Waals surface area contributed by atoms with E-state index >= 15 is 0 Å². The van der Waals surface area contributed by atoms with E-state index in [2.05, 4.69) is 25.9 Å². The van der Waals surface area contributed by atoms with Crippen molar-refractivity contribution in [2.45, 2.75) is 26.2 Å². The van der Waals surface area contributed by atoms with E-state index in [-0.39, 0.29) is 5.91 Å². The fraction of sp³-hybridized carbons (Fsp3) is 0.429. The van der Waals surface area contributed by atoms with Gasteiger partial charge in [0.2, 0.25) is 0 Å². The number of aromatic nitrogens is 4. The van der Waals surface area contributed by atoms with Gasteiger partial charge in [0.05, 0.1) is 7.11 Å². The number of hydrogen-bond acceptors (Lipinski definition) is 5. The topological polar surface area (TPSA) is 92.8 Å². The van der Waals surface area contributed by atoms with Crippen LogP contribution < -0.4 is 10.1 Å². The molecule has 0 aliphatic heterocycles. The first-order chi connectivity index (χ1) is 10.2. The lowest BCUT2D eigenvalue weighted by Gasteiger charge is -2.09. The highest BCUT2D eigenvalue weighted by atomic mass is 16.5. The number of aryl methyl sites for hydroxylation is 2. The van der Waals surface area contributed by atoms with Crippen molar-refractivity contribution < 1.29 is 9.53 Å². The standard InChI is InChI=1S/C14H19N5O2/c1-3-10-9-11(6-7-12(10)21-2)14(20)15-8-4-5-13-16-18-19-17-13/h6-7,9H,3-5,8H2,1-2H3,(H,15,20)(H,16,17,18,19). The average Bonchev–Trinajstić information content (AvgIpc) is 3.04. The number of ether oxygens (including phenoxy) is 1. The van der Waals surface area contributed by atoms with Crippen LogP contribution in [0.2, 0.25) is 0 Å². The number of rotatable bonds is 7. The lowest BCUT2D eigenvalue weighted by atomic mass is 10.1. The van der Waals surface area contributed by atoms with Crippen molar-refractivity contribution in [3.63, 3.8) is 0 Å². The van der Waals surface area contributed by atoms with Crippen molar-refractivity contribution in [2.75, 3.05) is 13.7 Å². The molecular weight excluding hydrogens is 270 g/mol. The number of H-pyrrole nitrogens is 1. The van der Waals surface area contributed by atoms with Gasteiger partial charge in [-0.3, -0.25) is 4.79 Å². The lowest BCUT2D eigenvalue weighted by Crippen LogP contribution is -2.25. The Morgan fingerprint density at radius 1 is 1.43 bits per heavy atom. The second-order valence-corrected chi connectivity index (χ2v) is 4.57. The quantitative estimate of drug-likeness (QED) is 0.745. The van der Waals surface area contributed by atoms with E-state index in [1.807, 2.05) is 19.1 Å². The molecule has 0 unspecified atom stereocenters. The van der Waals surface area contributed by atoms with Crippen molar-refractivity contribution in [2.24, 2.45) is 0 Å². The van der Waals surface area contributed by atoms with Gasteiger partial charge in [-0.05, 0) is 36.6 Å². The molecule has 2 rings (SSSR count). The number of hydrogen-bond donors (Lipinski definition) is 2. The molecule has 2 aromatic rings. The maximum atomic E-state index is 12.1. The first-order valence-corrected chi connectivity index (χ1v) is 6.92. The summed E-state index contributed by atoms with van der Waals surface area (Å²) in [5.74, 6) is 1.38. The summed E-state index contributed by atoms with van der Waals surface area (Å²) in [6, 6.07) is 5.47. The summed E-state index contributed by atoms with van der Waals surface area (Å²) in [5.41, 5.74) is 1.67. The van der Waals surface area contributed by atoms with Crippen LogP contribution in [0.15, 0.2) is 18.2 Å². The van der Waals surface area contributed by atoms with Gasteiger partial charge in [-0.1, -0.05) is 12.1 Å². The molecule has 0 spiro atoms. The van der Waals surface area contributed by atoms with E-state index in [1.165, 1.54) is 0 Å². The summed E-state index contributed by atoms with van der Waals surface area (Å²) in [4.78, 5) is 12.1. The lowest BCUT2D eigenvalue weighted by molar-refractivity contribution is 0.0953. The van der Waals surface area contributed by atoms with Gasteiger partial charge in [0.1, 0.15) is 5.75 Å². The Kier molecular flexibility index (Phi) is 5.25. The summed E-state index contributed by atoms with van der Waals surface area (Å²) in [6.45, 7) is 2.60. The van der Waals surface area contributed by atoms with Gasteiger partial charge < -0.3 is 10.1 Å². The average molecular weight is 289 g/mol. The molecule has 0 atom stereocenters. The Balaban J connectivity index is 1.85. The van der Waals surface area contributed by atoms with E-state index in [4.69, 9.17) is 4.74 Å². The molecule has 112 valence electrons. The Labute approximate surface area is 123 Å². The van der Waals surface area contributed by atoms with E-state index in [0.29, 0.717) is 24.4 Å². The Hall–Kier alpha value is -2.44. The molecule has 0 radical (unpaired) electrons. The van der Waals surface area contributed by atoms with Crippen LogP contribution in [0.5, 0.6) is 5.75 Å². The summed E-state index contributed by atoms with van der Waals surface area (Å²) < 4.78 is 5.26. The third-order valence-corrected chi connectivity index (χ3v) is 3.18. The Bertz CT molecular complexity index is 583. The van der Waals surface area contributed by atoms with Gasteiger partial charge >= 0.3 is 0 Å². The van der Waals surface area contributed by atoms with Crippen LogP contribution in [0.4, 0.5) is 0 Å². The number of benzene rings is 1. The van der Waals surface area contributed by atoms with E-state index in [9.17, 15) is 4.79 Å². The highest BCUT2D eigenvalue weighted by Gasteiger charge is 2.09. The fourth-order valence-corrected chi connectivity index (χ4v) is 2.04. The molecule has 1 aromatic carbocycles.